The lowest BCUT2D eigenvalue weighted by atomic mass is 10.5. The number of nitrogens with zero attached hydrogens (tertiary/aromatic N) is 1. The van der Waals surface area contributed by atoms with Gasteiger partial charge in [0.1, 0.15) is 6.04 Å². The quantitative estimate of drug-likeness (QED) is 0.334. The van der Waals surface area contributed by atoms with E-state index in [1.165, 1.54) is 0 Å². The summed E-state index contributed by atoms with van der Waals surface area (Å²) in [6, 6.07) is 2.63. The Hall–Kier alpha value is -0.480. The number of terminal acetylenes is 1. The highest BCUT2D eigenvalue weighted by molar-refractivity contribution is 4.68. The minimum absolute atomic E-state index is 0.667. The summed E-state index contributed by atoms with van der Waals surface area (Å²) in [6.07, 6.45) is 5.14. The van der Waals surface area contributed by atoms with Gasteiger partial charge in [-0.1, -0.05) is 6.42 Å². The van der Waals surface area contributed by atoms with Crippen LogP contribution < -0.4 is 0 Å². The van der Waals surface area contributed by atoms with Crippen molar-refractivity contribution in [2.45, 2.75) is 6.92 Å². The fourth-order valence-corrected chi connectivity index (χ4v) is 0.0913. The van der Waals surface area contributed by atoms with Crippen LogP contribution in [0.2, 0.25) is 0 Å². The molecule has 0 atom stereocenters. The van der Waals surface area contributed by atoms with E-state index >= 15 is 0 Å². The molecule has 0 bridgehead atoms. The van der Waals surface area contributed by atoms with Gasteiger partial charge >= 0.3 is 0 Å². The minimum atomic E-state index is 0.667. The van der Waals surface area contributed by atoms with Crippen molar-refractivity contribution >= 4 is 0 Å². The molecule has 1 nitrogen and oxygen atoms in total. The van der Waals surface area contributed by atoms with E-state index in [2.05, 4.69) is 13.0 Å². The maximum absolute atomic E-state index is 5.14. The van der Waals surface area contributed by atoms with E-state index in [-0.39, 0.29) is 0 Å². The van der Waals surface area contributed by atoms with Crippen molar-refractivity contribution in [1.29, 1.82) is 0 Å². The lowest BCUT2D eigenvalue weighted by Gasteiger charge is -2.17. The summed E-state index contributed by atoms with van der Waals surface area (Å²) in [7, 11) is 4.00. The van der Waals surface area contributed by atoms with E-state index in [0.29, 0.717) is 4.48 Å². The zero-order valence-corrected chi connectivity index (χ0v) is 5.23. The van der Waals surface area contributed by atoms with Crippen LogP contribution in [0.1, 0.15) is 6.92 Å². The van der Waals surface area contributed by atoms with Gasteiger partial charge in [-0.25, -0.2) is 0 Å². The Morgan fingerprint density at radius 3 is 2.00 bits per heavy atom. The summed E-state index contributed by atoms with van der Waals surface area (Å²) >= 11 is 0. The van der Waals surface area contributed by atoms with Gasteiger partial charge in [0, 0.05) is 0 Å². The first-order chi connectivity index (χ1) is 3.12. The van der Waals surface area contributed by atoms with Crippen molar-refractivity contribution in [3.63, 3.8) is 0 Å². The number of hydrogen-bond donors (Lipinski definition) is 0. The van der Waals surface area contributed by atoms with E-state index in [4.69, 9.17) is 6.42 Å². The summed E-state index contributed by atoms with van der Waals surface area (Å²) in [6.45, 7) is 3.07. The van der Waals surface area contributed by atoms with Gasteiger partial charge in [0.25, 0.3) is 0 Å². The van der Waals surface area contributed by atoms with Gasteiger partial charge in [-0.15, -0.1) is 0 Å². The molecule has 0 fully saturated rings. The predicted octanol–water partition coefficient (Wildman–Crippen LogP) is 0.673. The second-order valence-electron chi connectivity index (χ2n) is 2.13. The van der Waals surface area contributed by atoms with Crippen molar-refractivity contribution in [2.24, 2.45) is 0 Å². The molecule has 0 aromatic carbocycles. The van der Waals surface area contributed by atoms with Gasteiger partial charge in [-0.3, -0.25) is 4.48 Å². The molecule has 0 amide bonds. The number of hydrogen-bond acceptors (Lipinski definition) is 0. The van der Waals surface area contributed by atoms with Gasteiger partial charge in [0.05, 0.1) is 20.6 Å². The molecule has 0 heterocycles. The third kappa shape index (κ3) is 2.24. The zero-order valence-electron chi connectivity index (χ0n) is 5.23. The second kappa shape index (κ2) is 1.99. The Bertz CT molecular complexity index is 86.8. The minimum Gasteiger partial charge on any atom is -0.252 e. The Labute approximate surface area is 45.5 Å². The van der Waals surface area contributed by atoms with Crippen LogP contribution in [0.4, 0.5) is 0 Å². The SMILES string of the molecule is C#C[N+](C)(C)CC. The first kappa shape index (κ1) is 6.52. The maximum Gasteiger partial charge on any atom is 0.133 e. The standard InChI is InChI=1S/C6H12N/c1-5-7(3,4)6-2/h1H,6H2,2-4H3/q+1. The molecule has 0 radical (unpaired) electrons. The normalized spacial score (nSPS) is 10.6. The Morgan fingerprint density at radius 1 is 1.57 bits per heavy atom. The summed E-state index contributed by atoms with van der Waals surface area (Å²) in [5.74, 6) is 0. The predicted molar refractivity (Wildman–Crippen MR) is 31.5 cm³/mol. The van der Waals surface area contributed by atoms with Crippen molar-refractivity contribution < 1.29 is 4.48 Å². The third-order valence-electron chi connectivity index (χ3n) is 1.14. The molecule has 0 saturated heterocycles. The fourth-order valence-electron chi connectivity index (χ4n) is 0.0913. The highest BCUT2D eigenvalue weighted by Crippen LogP contribution is 1.88. The average molecular weight is 98.2 g/mol. The molecule has 0 N–H and O–H groups in total. The molecular formula is C6H12N+. The lowest BCUT2D eigenvalue weighted by molar-refractivity contribution is -0.820. The molecule has 0 unspecified atom stereocenters. The Balaban J connectivity index is 3.66. The summed E-state index contributed by atoms with van der Waals surface area (Å²) in [5, 5.41) is 0. The lowest BCUT2D eigenvalue weighted by Crippen LogP contribution is -2.32. The van der Waals surface area contributed by atoms with Crippen LogP contribution in [0.15, 0.2) is 0 Å². The van der Waals surface area contributed by atoms with Crippen LogP contribution in [0.5, 0.6) is 0 Å². The van der Waals surface area contributed by atoms with E-state index in [1.54, 1.807) is 0 Å². The molecule has 0 aromatic rings. The topological polar surface area (TPSA) is 0 Å². The molecular weight excluding hydrogens is 86.1 g/mol. The van der Waals surface area contributed by atoms with E-state index in [9.17, 15) is 0 Å². The molecule has 0 aliphatic rings. The first-order valence-electron chi connectivity index (χ1n) is 2.43. The van der Waals surface area contributed by atoms with Gasteiger partial charge in [-0.05, 0) is 6.92 Å². The molecule has 0 aliphatic heterocycles. The summed E-state index contributed by atoms with van der Waals surface area (Å²) in [4.78, 5) is 0. The molecule has 0 aromatic heterocycles. The smallest absolute Gasteiger partial charge is 0.133 e. The maximum atomic E-state index is 5.14. The molecule has 40 valence electrons. The first-order valence-corrected chi connectivity index (χ1v) is 2.43. The molecule has 7 heavy (non-hydrogen) atoms. The van der Waals surface area contributed by atoms with Crippen LogP contribution in [0.25, 0.3) is 0 Å². The molecule has 1 heteroatoms. The number of quaternary nitrogens is 1. The molecule has 0 saturated carbocycles. The second-order valence-corrected chi connectivity index (χ2v) is 2.13. The highest BCUT2D eigenvalue weighted by Gasteiger charge is 2.04. The fraction of sp³-hybridized carbons (Fsp3) is 0.667. The Morgan fingerprint density at radius 2 is 2.00 bits per heavy atom. The van der Waals surface area contributed by atoms with Crippen LogP contribution in [0, 0.1) is 12.5 Å². The van der Waals surface area contributed by atoms with Crippen molar-refractivity contribution in [1.82, 2.24) is 0 Å². The van der Waals surface area contributed by atoms with Crippen molar-refractivity contribution in [3.8, 4) is 12.5 Å². The molecule has 0 rings (SSSR count). The molecule has 0 aliphatic carbocycles. The monoisotopic (exact) mass is 98.1 g/mol. The highest BCUT2D eigenvalue weighted by atomic mass is 15.3. The van der Waals surface area contributed by atoms with Gasteiger partial charge in [-0.2, -0.15) is 0 Å². The van der Waals surface area contributed by atoms with Gasteiger partial charge in [0.15, 0.2) is 0 Å². The molecule has 0 spiro atoms. The van der Waals surface area contributed by atoms with Crippen molar-refractivity contribution in [3.05, 3.63) is 0 Å². The zero-order chi connectivity index (χ0) is 5.91. The number of rotatable bonds is 1. The van der Waals surface area contributed by atoms with Crippen LogP contribution in [0.3, 0.4) is 0 Å². The van der Waals surface area contributed by atoms with Crippen LogP contribution >= 0.6 is 0 Å². The average Bonchev–Trinajstić information content (AvgIpc) is 1.68. The summed E-state index contributed by atoms with van der Waals surface area (Å²) < 4.78 is 0.667. The van der Waals surface area contributed by atoms with Crippen molar-refractivity contribution in [2.75, 3.05) is 20.6 Å². The van der Waals surface area contributed by atoms with Crippen LogP contribution in [-0.4, -0.2) is 25.1 Å². The Kier molecular flexibility index (Phi) is 1.86. The van der Waals surface area contributed by atoms with E-state index in [0.717, 1.165) is 6.54 Å². The van der Waals surface area contributed by atoms with E-state index < -0.39 is 0 Å². The van der Waals surface area contributed by atoms with Gasteiger partial charge < -0.3 is 0 Å². The third-order valence-corrected chi connectivity index (χ3v) is 1.14. The van der Waals surface area contributed by atoms with E-state index in [1.807, 2.05) is 14.1 Å². The largest absolute Gasteiger partial charge is 0.252 e. The summed E-state index contributed by atoms with van der Waals surface area (Å²) in [5.41, 5.74) is 0. The van der Waals surface area contributed by atoms with Crippen LogP contribution in [-0.2, 0) is 0 Å². The van der Waals surface area contributed by atoms with Gasteiger partial charge in [0.2, 0.25) is 0 Å².